The summed E-state index contributed by atoms with van der Waals surface area (Å²) in [5.74, 6) is 5.91. The lowest BCUT2D eigenvalue weighted by Crippen LogP contribution is -2.35. The van der Waals surface area contributed by atoms with Crippen molar-refractivity contribution in [2.45, 2.75) is 6.43 Å². The first-order valence-electron chi connectivity index (χ1n) is 6.59. The van der Waals surface area contributed by atoms with Crippen molar-refractivity contribution in [1.29, 1.82) is 0 Å². The SMILES string of the molecule is OCC#Cc1ccc(OCCN(CCO)CC(F)F)cc1. The van der Waals surface area contributed by atoms with Crippen molar-refractivity contribution < 1.29 is 23.7 Å². The second-order valence-electron chi connectivity index (χ2n) is 4.25. The Morgan fingerprint density at radius 1 is 1.14 bits per heavy atom. The number of alkyl halides is 2. The van der Waals surface area contributed by atoms with Gasteiger partial charge < -0.3 is 14.9 Å². The summed E-state index contributed by atoms with van der Waals surface area (Å²) in [5, 5.41) is 17.4. The van der Waals surface area contributed by atoms with Crippen molar-refractivity contribution >= 4 is 0 Å². The molecule has 6 heteroatoms. The molecule has 4 nitrogen and oxygen atoms in total. The number of aliphatic hydroxyl groups is 2. The van der Waals surface area contributed by atoms with E-state index < -0.39 is 6.43 Å². The molecule has 0 fully saturated rings. The molecule has 0 saturated heterocycles. The summed E-state index contributed by atoms with van der Waals surface area (Å²) in [7, 11) is 0. The highest BCUT2D eigenvalue weighted by atomic mass is 19.3. The van der Waals surface area contributed by atoms with E-state index in [-0.39, 0.29) is 32.9 Å². The fourth-order valence-corrected chi connectivity index (χ4v) is 1.70. The van der Waals surface area contributed by atoms with Crippen molar-refractivity contribution in [2.75, 3.05) is 39.5 Å². The number of aliphatic hydroxyl groups excluding tert-OH is 2. The van der Waals surface area contributed by atoms with E-state index >= 15 is 0 Å². The average Bonchev–Trinajstić information content (AvgIpc) is 2.46. The number of hydrogen-bond acceptors (Lipinski definition) is 4. The second kappa shape index (κ2) is 10.1. The largest absolute Gasteiger partial charge is 0.492 e. The van der Waals surface area contributed by atoms with E-state index in [0.29, 0.717) is 12.3 Å². The van der Waals surface area contributed by atoms with Gasteiger partial charge in [0.05, 0.1) is 13.2 Å². The summed E-state index contributed by atoms with van der Waals surface area (Å²) in [6, 6.07) is 6.96. The highest BCUT2D eigenvalue weighted by molar-refractivity contribution is 5.38. The standard InChI is InChI=1S/C15H19F2NO3/c16-15(17)12-18(7-10-20)8-11-21-14-5-3-13(4-6-14)2-1-9-19/h3-6,15,19-20H,7-12H2. The first kappa shape index (κ1) is 17.4. The van der Waals surface area contributed by atoms with Gasteiger partial charge in [0.15, 0.2) is 0 Å². The van der Waals surface area contributed by atoms with E-state index in [1.165, 1.54) is 4.90 Å². The molecule has 0 spiro atoms. The molecule has 0 radical (unpaired) electrons. The van der Waals surface area contributed by atoms with Crippen LogP contribution in [0.25, 0.3) is 0 Å². The molecular weight excluding hydrogens is 280 g/mol. The highest BCUT2D eigenvalue weighted by Gasteiger charge is 2.11. The average molecular weight is 299 g/mol. The molecule has 0 aliphatic carbocycles. The lowest BCUT2D eigenvalue weighted by atomic mass is 10.2. The van der Waals surface area contributed by atoms with E-state index in [1.54, 1.807) is 24.3 Å². The number of nitrogens with zero attached hydrogens (tertiary/aromatic N) is 1. The maximum Gasteiger partial charge on any atom is 0.251 e. The summed E-state index contributed by atoms with van der Waals surface area (Å²) in [6.45, 7) is 0.0440. The zero-order valence-electron chi connectivity index (χ0n) is 11.6. The molecule has 0 aliphatic rings. The fraction of sp³-hybridized carbons (Fsp3) is 0.467. The van der Waals surface area contributed by atoms with Gasteiger partial charge in [-0.15, -0.1) is 0 Å². The fourth-order valence-electron chi connectivity index (χ4n) is 1.70. The molecule has 0 saturated carbocycles. The lowest BCUT2D eigenvalue weighted by molar-refractivity contribution is 0.0709. The molecule has 0 aromatic heterocycles. The van der Waals surface area contributed by atoms with Gasteiger partial charge in [0.1, 0.15) is 19.0 Å². The van der Waals surface area contributed by atoms with E-state index in [2.05, 4.69) is 11.8 Å². The summed E-state index contributed by atoms with van der Waals surface area (Å²) in [6.07, 6.45) is -2.43. The monoisotopic (exact) mass is 299 g/mol. The molecule has 2 N–H and O–H groups in total. The molecule has 0 aliphatic heterocycles. The van der Waals surface area contributed by atoms with Gasteiger partial charge in [-0.25, -0.2) is 8.78 Å². The summed E-state index contributed by atoms with van der Waals surface area (Å²) in [5.41, 5.74) is 0.760. The molecule has 1 aromatic rings. The number of hydrogen-bond donors (Lipinski definition) is 2. The minimum atomic E-state index is -2.43. The second-order valence-corrected chi connectivity index (χ2v) is 4.25. The van der Waals surface area contributed by atoms with E-state index in [4.69, 9.17) is 14.9 Å². The molecule has 0 bridgehead atoms. The minimum Gasteiger partial charge on any atom is -0.492 e. The van der Waals surface area contributed by atoms with Crippen LogP contribution in [0.15, 0.2) is 24.3 Å². The van der Waals surface area contributed by atoms with Crippen molar-refractivity contribution in [3.8, 4) is 17.6 Å². The van der Waals surface area contributed by atoms with Crippen LogP contribution in [-0.4, -0.2) is 61.0 Å². The van der Waals surface area contributed by atoms with Gasteiger partial charge in [-0.05, 0) is 24.3 Å². The first-order chi connectivity index (χ1) is 10.2. The predicted octanol–water partition coefficient (Wildman–Crippen LogP) is 0.969. The van der Waals surface area contributed by atoms with Crippen molar-refractivity contribution in [2.24, 2.45) is 0 Å². The van der Waals surface area contributed by atoms with Crippen LogP contribution in [-0.2, 0) is 0 Å². The Morgan fingerprint density at radius 2 is 1.86 bits per heavy atom. The quantitative estimate of drug-likeness (QED) is 0.702. The van der Waals surface area contributed by atoms with Crippen LogP contribution in [0, 0.1) is 11.8 Å². The van der Waals surface area contributed by atoms with Crippen LogP contribution in [0.3, 0.4) is 0 Å². The number of ether oxygens (including phenoxy) is 1. The molecule has 116 valence electrons. The van der Waals surface area contributed by atoms with E-state index in [9.17, 15) is 8.78 Å². The van der Waals surface area contributed by atoms with E-state index in [1.807, 2.05) is 0 Å². The Morgan fingerprint density at radius 3 is 2.43 bits per heavy atom. The predicted molar refractivity (Wildman–Crippen MR) is 75.4 cm³/mol. The maximum absolute atomic E-state index is 12.3. The minimum absolute atomic E-state index is 0.162. The zero-order valence-corrected chi connectivity index (χ0v) is 11.6. The summed E-state index contributed by atoms with van der Waals surface area (Å²) < 4.78 is 30.1. The molecule has 0 heterocycles. The first-order valence-corrected chi connectivity index (χ1v) is 6.59. The zero-order chi connectivity index (χ0) is 15.5. The van der Waals surface area contributed by atoms with Gasteiger partial charge >= 0.3 is 0 Å². The molecule has 0 unspecified atom stereocenters. The van der Waals surface area contributed by atoms with E-state index in [0.717, 1.165) is 5.56 Å². The normalized spacial score (nSPS) is 10.6. The molecule has 21 heavy (non-hydrogen) atoms. The highest BCUT2D eigenvalue weighted by Crippen LogP contribution is 2.11. The third-order valence-electron chi connectivity index (χ3n) is 2.65. The summed E-state index contributed by atoms with van der Waals surface area (Å²) in [4.78, 5) is 1.45. The van der Waals surface area contributed by atoms with Crippen LogP contribution in [0.5, 0.6) is 5.75 Å². The molecule has 1 aromatic carbocycles. The third kappa shape index (κ3) is 7.61. The van der Waals surface area contributed by atoms with Gasteiger partial charge in [0.25, 0.3) is 6.43 Å². The maximum atomic E-state index is 12.3. The number of halogens is 2. The smallest absolute Gasteiger partial charge is 0.251 e. The number of rotatable bonds is 8. The van der Waals surface area contributed by atoms with Crippen LogP contribution < -0.4 is 4.74 Å². The van der Waals surface area contributed by atoms with Crippen molar-refractivity contribution in [1.82, 2.24) is 4.90 Å². The van der Waals surface area contributed by atoms with Gasteiger partial charge in [0.2, 0.25) is 0 Å². The van der Waals surface area contributed by atoms with Crippen LogP contribution >= 0.6 is 0 Å². The van der Waals surface area contributed by atoms with Crippen molar-refractivity contribution in [3.05, 3.63) is 29.8 Å². The Hall–Kier alpha value is -1.68. The Bertz CT molecular complexity index is 454. The third-order valence-corrected chi connectivity index (χ3v) is 2.65. The van der Waals surface area contributed by atoms with Gasteiger partial charge in [-0.3, -0.25) is 4.90 Å². The van der Waals surface area contributed by atoms with Gasteiger partial charge in [0, 0.05) is 18.7 Å². The lowest BCUT2D eigenvalue weighted by Gasteiger charge is -2.20. The van der Waals surface area contributed by atoms with Crippen LogP contribution in [0.4, 0.5) is 8.78 Å². The Kier molecular flexibility index (Phi) is 8.36. The van der Waals surface area contributed by atoms with Crippen molar-refractivity contribution in [3.63, 3.8) is 0 Å². The Balaban J connectivity index is 2.39. The summed E-state index contributed by atoms with van der Waals surface area (Å²) >= 11 is 0. The molecular formula is C15H19F2NO3. The van der Waals surface area contributed by atoms with Crippen LogP contribution in [0.1, 0.15) is 5.56 Å². The topological polar surface area (TPSA) is 52.9 Å². The van der Waals surface area contributed by atoms with Gasteiger partial charge in [-0.1, -0.05) is 11.8 Å². The van der Waals surface area contributed by atoms with Gasteiger partial charge in [-0.2, -0.15) is 0 Å². The molecule has 0 atom stereocenters. The Labute approximate surface area is 123 Å². The van der Waals surface area contributed by atoms with Crippen LogP contribution in [0.2, 0.25) is 0 Å². The molecule has 1 rings (SSSR count). The molecule has 0 amide bonds. The number of benzene rings is 1.